The Balaban J connectivity index is 1.45. The van der Waals surface area contributed by atoms with E-state index in [4.69, 9.17) is 14.5 Å². The number of Topliss-reactive ketones (excluding diaryl/α,β-unsaturated/α-hetero) is 1. The van der Waals surface area contributed by atoms with Crippen molar-refractivity contribution in [2.75, 3.05) is 25.2 Å². The zero-order valence-corrected chi connectivity index (χ0v) is 23.2. The van der Waals surface area contributed by atoms with E-state index < -0.39 is 0 Å². The third kappa shape index (κ3) is 5.76. The number of rotatable bonds is 11. The number of fused-ring (bicyclic) bond motifs is 1. The minimum Gasteiger partial charge on any atom is -0.497 e. The van der Waals surface area contributed by atoms with Crippen molar-refractivity contribution in [1.82, 2.24) is 9.55 Å². The van der Waals surface area contributed by atoms with Crippen molar-refractivity contribution < 1.29 is 14.3 Å². The maximum atomic E-state index is 13.8. The Morgan fingerprint density at radius 1 is 1.13 bits per heavy atom. The van der Waals surface area contributed by atoms with Gasteiger partial charge < -0.3 is 14.4 Å². The van der Waals surface area contributed by atoms with E-state index in [1.54, 1.807) is 11.7 Å². The molecule has 1 aliphatic rings. The molecule has 0 aliphatic carbocycles. The number of ketones is 1. The Hall–Kier alpha value is -3.91. The van der Waals surface area contributed by atoms with Gasteiger partial charge in [0.2, 0.25) is 0 Å². The average molecular weight is 544 g/mol. The van der Waals surface area contributed by atoms with Gasteiger partial charge in [-0.15, -0.1) is 0 Å². The highest BCUT2D eigenvalue weighted by Gasteiger charge is 2.32. The highest BCUT2D eigenvalue weighted by atomic mass is 32.1. The molecule has 0 saturated carbocycles. The number of anilines is 1. The molecule has 1 atom stereocenters. The van der Waals surface area contributed by atoms with Crippen molar-refractivity contribution in [2.24, 2.45) is 0 Å². The maximum absolute atomic E-state index is 13.8. The summed E-state index contributed by atoms with van der Waals surface area (Å²) in [5, 5.41) is 0.716. The number of carbonyl (C=O) groups is 1. The first-order chi connectivity index (χ1) is 19.0. The van der Waals surface area contributed by atoms with Gasteiger partial charge in [0.1, 0.15) is 17.0 Å². The molecule has 1 aliphatic heterocycles. The Labute approximate surface area is 232 Å². The van der Waals surface area contributed by atoms with Crippen molar-refractivity contribution in [3.63, 3.8) is 0 Å². The summed E-state index contributed by atoms with van der Waals surface area (Å²) in [4.78, 5) is 33.9. The van der Waals surface area contributed by atoms with Crippen LogP contribution in [0.1, 0.15) is 43.0 Å². The molecule has 5 rings (SSSR count). The second kappa shape index (κ2) is 11.9. The molecule has 2 aromatic heterocycles. The quantitative estimate of drug-likeness (QED) is 0.226. The number of aryl methyl sites for hydroxylation is 1. The Morgan fingerprint density at radius 2 is 1.90 bits per heavy atom. The average Bonchev–Trinajstić information content (AvgIpc) is 3.62. The molecule has 0 bridgehead atoms. The number of benzene rings is 2. The summed E-state index contributed by atoms with van der Waals surface area (Å²) in [6.07, 6.45) is 2.94. The summed E-state index contributed by atoms with van der Waals surface area (Å²) in [5.74, 6) is 1.41. The van der Waals surface area contributed by atoms with Crippen molar-refractivity contribution in [2.45, 2.75) is 45.2 Å². The lowest BCUT2D eigenvalue weighted by molar-refractivity contribution is -0.120. The van der Waals surface area contributed by atoms with Crippen molar-refractivity contribution >= 4 is 38.2 Å². The predicted octanol–water partition coefficient (Wildman–Crippen LogP) is 5.69. The van der Waals surface area contributed by atoms with Gasteiger partial charge in [0.05, 0.1) is 36.7 Å². The van der Waals surface area contributed by atoms with Crippen molar-refractivity contribution in [3.05, 3.63) is 94.4 Å². The van der Waals surface area contributed by atoms with E-state index in [-0.39, 0.29) is 17.4 Å². The molecular weight excluding hydrogens is 510 g/mol. The van der Waals surface area contributed by atoms with Gasteiger partial charge in [-0.25, -0.2) is 4.98 Å². The first kappa shape index (κ1) is 26.7. The number of methoxy groups -OCH3 is 1. The molecule has 0 N–H and O–H groups in total. The molecule has 4 aromatic rings. The van der Waals surface area contributed by atoms with Gasteiger partial charge in [-0.3, -0.25) is 14.2 Å². The van der Waals surface area contributed by atoms with Gasteiger partial charge in [-0.2, -0.15) is 0 Å². The molecule has 0 amide bonds. The van der Waals surface area contributed by atoms with Crippen LogP contribution in [0.15, 0.2) is 72.0 Å². The molecule has 202 valence electrons. The predicted molar refractivity (Wildman–Crippen MR) is 157 cm³/mol. The van der Waals surface area contributed by atoms with E-state index in [2.05, 4.69) is 23.6 Å². The van der Waals surface area contributed by atoms with Gasteiger partial charge in [-0.05, 0) is 55.5 Å². The molecule has 1 fully saturated rings. The summed E-state index contributed by atoms with van der Waals surface area (Å²) < 4.78 is 13.4. The molecule has 0 unspecified atom stereocenters. The van der Waals surface area contributed by atoms with E-state index in [9.17, 15) is 9.59 Å². The third-order valence-electron chi connectivity index (χ3n) is 7.13. The van der Waals surface area contributed by atoms with Crippen LogP contribution in [0.3, 0.4) is 0 Å². The summed E-state index contributed by atoms with van der Waals surface area (Å²) >= 11 is 1.45. The molecule has 1 saturated heterocycles. The summed E-state index contributed by atoms with van der Waals surface area (Å²) in [5.41, 5.74) is 2.93. The number of nitrogens with zero attached hydrogens (tertiary/aromatic N) is 3. The lowest BCUT2D eigenvalue weighted by atomic mass is 10.0. The van der Waals surface area contributed by atoms with Crippen LogP contribution in [0.5, 0.6) is 5.75 Å². The minimum absolute atomic E-state index is 0.201. The Bertz CT molecular complexity index is 1530. The molecule has 7 nitrogen and oxygen atoms in total. The molecule has 0 radical (unpaired) electrons. The fourth-order valence-corrected chi connectivity index (χ4v) is 6.16. The van der Waals surface area contributed by atoms with Crippen LogP contribution in [-0.4, -0.2) is 41.6 Å². The largest absolute Gasteiger partial charge is 0.497 e. The molecule has 8 heteroatoms. The fraction of sp³-hybridized carbons (Fsp3) is 0.323. The summed E-state index contributed by atoms with van der Waals surface area (Å²) in [6, 6.07) is 19.4. The fourth-order valence-electron chi connectivity index (χ4n) is 5.09. The highest BCUT2D eigenvalue weighted by Crippen LogP contribution is 2.34. The van der Waals surface area contributed by atoms with Crippen LogP contribution in [0.4, 0.5) is 5.13 Å². The number of hydrogen-bond donors (Lipinski definition) is 0. The third-order valence-corrected chi connectivity index (χ3v) is 8.16. The molecule has 0 spiro atoms. The second-order valence-corrected chi connectivity index (χ2v) is 10.6. The van der Waals surface area contributed by atoms with Crippen LogP contribution in [-0.2, 0) is 22.5 Å². The molecule has 2 aromatic carbocycles. The van der Waals surface area contributed by atoms with E-state index in [1.807, 2.05) is 55.5 Å². The van der Waals surface area contributed by atoms with Crippen LogP contribution in [0.25, 0.3) is 16.0 Å². The maximum Gasteiger partial charge on any atom is 0.278 e. The van der Waals surface area contributed by atoms with Crippen molar-refractivity contribution in [1.29, 1.82) is 0 Å². The van der Waals surface area contributed by atoms with Crippen LogP contribution < -0.4 is 15.2 Å². The standard InChI is InChI=1S/C31H33N3O4S/c1-4-38-21(2)26-19-28-29(30(36)34(26)20-23-12-15-24(37-3)16-13-23)32-31(39-28)33-18-8-11-25(33)27(35)17-14-22-9-6-5-7-10-22/h5-7,9-10,12-13,15-16,19,25H,2,4,8,11,14,17-18,20H2,1,3H3/t25-/m1/s1. The Morgan fingerprint density at radius 3 is 2.62 bits per heavy atom. The van der Waals surface area contributed by atoms with E-state index in [1.165, 1.54) is 11.3 Å². The van der Waals surface area contributed by atoms with Gasteiger partial charge in [0.15, 0.2) is 10.9 Å². The minimum atomic E-state index is -0.214. The lowest BCUT2D eigenvalue weighted by Gasteiger charge is -2.22. The van der Waals surface area contributed by atoms with Crippen molar-refractivity contribution in [3.8, 4) is 5.75 Å². The number of pyridine rings is 1. The van der Waals surface area contributed by atoms with Gasteiger partial charge in [0.25, 0.3) is 5.56 Å². The van der Waals surface area contributed by atoms with E-state index >= 15 is 0 Å². The number of ether oxygens (including phenoxy) is 2. The van der Waals surface area contributed by atoms with Crippen LogP contribution in [0, 0.1) is 0 Å². The lowest BCUT2D eigenvalue weighted by Crippen LogP contribution is -2.36. The summed E-state index contributed by atoms with van der Waals surface area (Å²) in [7, 11) is 1.62. The SMILES string of the molecule is C=C(OCC)c1cc2sc(N3CCC[C@@H]3C(=O)CCc3ccccc3)nc2c(=O)n1Cc1ccc(OC)cc1. The summed E-state index contributed by atoms with van der Waals surface area (Å²) in [6.45, 7) is 7.52. The zero-order chi connectivity index (χ0) is 27.4. The molecule has 39 heavy (non-hydrogen) atoms. The van der Waals surface area contributed by atoms with Gasteiger partial charge >= 0.3 is 0 Å². The van der Waals surface area contributed by atoms with Gasteiger partial charge in [0, 0.05) is 13.0 Å². The zero-order valence-electron chi connectivity index (χ0n) is 22.4. The van der Waals surface area contributed by atoms with E-state index in [0.717, 1.165) is 47.4 Å². The second-order valence-electron chi connectivity index (χ2n) is 9.64. The smallest absolute Gasteiger partial charge is 0.278 e. The van der Waals surface area contributed by atoms with Crippen LogP contribution >= 0.6 is 11.3 Å². The monoisotopic (exact) mass is 543 g/mol. The first-order valence-electron chi connectivity index (χ1n) is 13.3. The molecule has 3 heterocycles. The Kier molecular flexibility index (Phi) is 8.12. The topological polar surface area (TPSA) is 73.7 Å². The number of aromatic nitrogens is 2. The first-order valence-corrected chi connectivity index (χ1v) is 14.1. The van der Waals surface area contributed by atoms with Crippen LogP contribution in [0.2, 0.25) is 0 Å². The van der Waals surface area contributed by atoms with E-state index in [0.29, 0.717) is 41.7 Å². The number of carbonyl (C=O) groups excluding carboxylic acids is 1. The highest BCUT2D eigenvalue weighted by molar-refractivity contribution is 7.22. The normalized spacial score (nSPS) is 15.0. The number of hydrogen-bond acceptors (Lipinski definition) is 7. The van der Waals surface area contributed by atoms with Gasteiger partial charge in [-0.1, -0.05) is 60.4 Å². The molecular formula is C31H33N3O4S. The number of thiazole rings is 1.